The molecule has 2 aromatic rings. The van der Waals surface area contributed by atoms with Crippen LogP contribution in [0.2, 0.25) is 0 Å². The van der Waals surface area contributed by atoms with Crippen molar-refractivity contribution in [3.05, 3.63) is 45.7 Å². The number of hydrogen-bond donors (Lipinski definition) is 3. The van der Waals surface area contributed by atoms with Gasteiger partial charge in [-0.1, -0.05) is 0 Å². The molecule has 230 valence electrons. The molecule has 4 N–H and O–H groups in total. The third kappa shape index (κ3) is 7.33. The number of nitrogens with two attached hydrogens (primary N) is 1. The number of benzene rings is 1. The van der Waals surface area contributed by atoms with Gasteiger partial charge in [-0.3, -0.25) is 4.99 Å². The van der Waals surface area contributed by atoms with Gasteiger partial charge in [0.25, 0.3) is 0 Å². The predicted octanol–water partition coefficient (Wildman–Crippen LogP) is 4.96. The maximum absolute atomic E-state index is 14.0. The van der Waals surface area contributed by atoms with Crippen molar-refractivity contribution in [2.75, 3.05) is 37.8 Å². The molecule has 1 saturated heterocycles. The van der Waals surface area contributed by atoms with E-state index in [1.54, 1.807) is 0 Å². The molecule has 1 saturated carbocycles. The number of anilines is 3. The van der Waals surface area contributed by atoms with E-state index in [0.29, 0.717) is 23.6 Å². The van der Waals surface area contributed by atoms with Crippen LogP contribution in [0.3, 0.4) is 0 Å². The van der Waals surface area contributed by atoms with Gasteiger partial charge in [-0.15, -0.1) is 0 Å². The van der Waals surface area contributed by atoms with Crippen LogP contribution in [-0.2, 0) is 16.0 Å². The highest BCUT2D eigenvalue weighted by Crippen LogP contribution is 2.40. The molecule has 4 rings (SSSR count). The smallest absolute Gasteiger partial charge is 0.421 e. The van der Waals surface area contributed by atoms with Gasteiger partial charge in [0.2, 0.25) is 5.95 Å². The topological polar surface area (TPSA) is 135 Å². The van der Waals surface area contributed by atoms with Crippen molar-refractivity contribution >= 4 is 33.5 Å². The monoisotopic (exact) mass is 609 g/mol. The van der Waals surface area contributed by atoms with Crippen LogP contribution in [-0.4, -0.2) is 68.0 Å². The van der Waals surface area contributed by atoms with Crippen molar-refractivity contribution in [2.24, 2.45) is 10.7 Å². The first-order valence-electron chi connectivity index (χ1n) is 13.8. The van der Waals surface area contributed by atoms with Gasteiger partial charge in [-0.05, 0) is 95.8 Å². The van der Waals surface area contributed by atoms with E-state index in [9.17, 15) is 21.6 Å². The molecule has 14 heteroatoms. The molecule has 1 aromatic heterocycles. The fraction of sp³-hybridized carbons (Fsp3) is 0.536. The first-order chi connectivity index (χ1) is 19.7. The lowest BCUT2D eigenvalue weighted by atomic mass is 9.86. The van der Waals surface area contributed by atoms with Crippen LogP contribution in [0.25, 0.3) is 0 Å². The molecule has 0 amide bonds. The van der Waals surface area contributed by atoms with Crippen LogP contribution in [0.5, 0.6) is 5.75 Å². The Kier molecular flexibility index (Phi) is 9.36. The van der Waals surface area contributed by atoms with Crippen LogP contribution in [0.15, 0.2) is 34.0 Å². The highest BCUT2D eigenvalue weighted by atomic mass is 32.2. The van der Waals surface area contributed by atoms with Crippen molar-refractivity contribution in [1.82, 2.24) is 14.9 Å². The number of sulfone groups is 1. The number of alkyl halides is 3. The maximum atomic E-state index is 14.0. The minimum absolute atomic E-state index is 0.0799. The van der Waals surface area contributed by atoms with E-state index in [1.807, 2.05) is 19.1 Å². The van der Waals surface area contributed by atoms with Crippen molar-refractivity contribution in [1.29, 1.82) is 0 Å². The molecular weight excluding hydrogens is 571 g/mol. The molecular formula is C28H38F3N7O3S. The second kappa shape index (κ2) is 12.5. The minimum Gasteiger partial charge on any atom is -0.488 e. The zero-order chi connectivity index (χ0) is 30.8. The highest BCUT2D eigenvalue weighted by molar-refractivity contribution is 7.95. The van der Waals surface area contributed by atoms with Gasteiger partial charge < -0.3 is 26.0 Å². The van der Waals surface area contributed by atoms with Gasteiger partial charge in [0, 0.05) is 19.5 Å². The van der Waals surface area contributed by atoms with Gasteiger partial charge >= 0.3 is 6.18 Å². The van der Waals surface area contributed by atoms with E-state index >= 15 is 0 Å². The van der Waals surface area contributed by atoms with E-state index in [-0.39, 0.29) is 17.7 Å². The summed E-state index contributed by atoms with van der Waals surface area (Å²) in [6.07, 6.45) is 0.814. The number of rotatable bonds is 10. The quantitative estimate of drug-likeness (QED) is 0.320. The van der Waals surface area contributed by atoms with Crippen LogP contribution in [0.4, 0.5) is 30.6 Å². The van der Waals surface area contributed by atoms with Crippen LogP contribution in [0, 0.1) is 6.92 Å². The largest absolute Gasteiger partial charge is 0.488 e. The number of allylic oxidation sites excluding steroid dienone is 1. The Labute approximate surface area is 244 Å². The van der Waals surface area contributed by atoms with Crippen molar-refractivity contribution < 1.29 is 26.3 Å². The molecule has 2 fully saturated rings. The number of halogens is 3. The number of nitrogens with one attached hydrogen (secondary N) is 2. The van der Waals surface area contributed by atoms with Crippen molar-refractivity contribution in [2.45, 2.75) is 69.9 Å². The second-order valence-electron chi connectivity index (χ2n) is 11.1. The number of nitrogens with zero attached hydrogens (tertiary/aromatic N) is 4. The number of ether oxygens (including phenoxy) is 1. The molecule has 10 nitrogen and oxygen atoms in total. The Hall–Kier alpha value is -3.39. The minimum atomic E-state index is -4.84. The van der Waals surface area contributed by atoms with Crippen LogP contribution < -0.4 is 21.1 Å². The van der Waals surface area contributed by atoms with Gasteiger partial charge in [0.1, 0.15) is 17.1 Å². The summed E-state index contributed by atoms with van der Waals surface area (Å²) in [5.74, 6) is 0.144. The Bertz CT molecular complexity index is 1460. The zero-order valence-electron chi connectivity index (χ0n) is 24.4. The van der Waals surface area contributed by atoms with E-state index in [0.717, 1.165) is 50.6 Å². The average molecular weight is 610 g/mol. The molecule has 0 atom stereocenters. The molecule has 2 aliphatic rings. The molecule has 42 heavy (non-hydrogen) atoms. The number of aromatic nitrogens is 2. The fourth-order valence-corrected chi connectivity index (χ4v) is 5.63. The Morgan fingerprint density at radius 2 is 1.88 bits per heavy atom. The summed E-state index contributed by atoms with van der Waals surface area (Å²) in [6, 6.07) is 3.92. The molecule has 0 unspecified atom stereocenters. The molecule has 1 aromatic carbocycles. The summed E-state index contributed by atoms with van der Waals surface area (Å²) in [5, 5.41) is 3.91. The highest BCUT2D eigenvalue weighted by Gasteiger charge is 2.36. The molecule has 1 aliphatic heterocycles. The molecule has 1 aliphatic carbocycles. The summed E-state index contributed by atoms with van der Waals surface area (Å²) in [4.78, 5) is 14.1. The lowest BCUT2D eigenvalue weighted by Gasteiger charge is -2.30. The normalized spacial score (nSPS) is 17.9. The van der Waals surface area contributed by atoms with Gasteiger partial charge in [-0.2, -0.15) is 18.2 Å². The predicted molar refractivity (Wildman–Crippen MR) is 158 cm³/mol. The fourth-order valence-electron chi connectivity index (χ4n) is 4.71. The van der Waals surface area contributed by atoms with E-state index in [2.05, 4.69) is 37.5 Å². The third-order valence-corrected chi connectivity index (χ3v) is 9.46. The SMILES string of the molecule is CN=CC(Nc1nc(Nc2cc(C)c(C3CCN(C)CC3)cc2OC2CC2)ncc1C(F)(F)F)=C(N)S(=O)(=O)C(C)C. The first-order valence-corrected chi connectivity index (χ1v) is 15.4. The number of aryl methyl sites for hydroxylation is 1. The standard InChI is InChI=1S/C28H38F3N7O3S/c1-16(2)42(39,40)25(32)23(15-33-4)35-26-21(28(29,30)31)14-34-27(37-26)36-22-12-17(3)20(13-24(22)41-19-6-7-19)18-8-10-38(5)11-9-18/h12-16,18-19H,6-11,32H2,1-5H3,(H2,34,35,36,37). The molecule has 0 bridgehead atoms. The molecule has 2 heterocycles. The Morgan fingerprint density at radius 1 is 1.21 bits per heavy atom. The van der Waals surface area contributed by atoms with E-state index in [1.165, 1.54) is 26.5 Å². The average Bonchev–Trinajstić information content (AvgIpc) is 3.73. The Morgan fingerprint density at radius 3 is 2.45 bits per heavy atom. The third-order valence-electron chi connectivity index (χ3n) is 7.39. The Balaban J connectivity index is 1.73. The molecule has 0 radical (unpaired) electrons. The van der Waals surface area contributed by atoms with Gasteiger partial charge in [0.05, 0.1) is 22.7 Å². The van der Waals surface area contributed by atoms with Crippen molar-refractivity contribution in [3.63, 3.8) is 0 Å². The second-order valence-corrected chi connectivity index (χ2v) is 13.5. The summed E-state index contributed by atoms with van der Waals surface area (Å²) in [6.45, 7) is 6.83. The summed E-state index contributed by atoms with van der Waals surface area (Å²) in [7, 11) is -0.566. The summed E-state index contributed by atoms with van der Waals surface area (Å²) in [5.41, 5.74) is 7.10. The maximum Gasteiger partial charge on any atom is 0.421 e. The number of aliphatic imine (C=N–C) groups is 1. The summed E-state index contributed by atoms with van der Waals surface area (Å²) >= 11 is 0. The van der Waals surface area contributed by atoms with Crippen LogP contribution >= 0.6 is 0 Å². The van der Waals surface area contributed by atoms with E-state index < -0.39 is 37.7 Å². The number of hydrogen-bond acceptors (Lipinski definition) is 10. The summed E-state index contributed by atoms with van der Waals surface area (Å²) < 4.78 is 73.4. The lowest BCUT2D eigenvalue weighted by molar-refractivity contribution is -0.137. The van der Waals surface area contributed by atoms with Crippen molar-refractivity contribution in [3.8, 4) is 5.75 Å². The number of likely N-dealkylation sites (tertiary alicyclic amines) is 1. The van der Waals surface area contributed by atoms with Gasteiger partial charge in [0.15, 0.2) is 14.9 Å². The van der Waals surface area contributed by atoms with Gasteiger partial charge in [-0.25, -0.2) is 13.4 Å². The first kappa shape index (κ1) is 31.5. The number of piperidine rings is 1. The van der Waals surface area contributed by atoms with Crippen LogP contribution in [0.1, 0.15) is 62.1 Å². The van der Waals surface area contributed by atoms with E-state index in [4.69, 9.17) is 10.5 Å². The molecule has 0 spiro atoms. The zero-order valence-corrected chi connectivity index (χ0v) is 25.2. The lowest BCUT2D eigenvalue weighted by Crippen LogP contribution is -2.29.